The van der Waals surface area contributed by atoms with E-state index in [2.05, 4.69) is 21.2 Å². The smallest absolute Gasteiger partial charge is 0.225 e. The predicted octanol–water partition coefficient (Wildman–Crippen LogP) is 3.16. The Labute approximate surface area is 94.6 Å². The lowest BCUT2D eigenvalue weighted by molar-refractivity contribution is -0.115. The lowest BCUT2D eigenvalue weighted by Crippen LogP contribution is -2.12. The molecule has 0 atom stereocenters. The number of carbonyl (C=O) groups excluding carboxylic acids is 1. The maximum atomic E-state index is 13.2. The molecule has 0 fully saturated rings. The molecule has 1 N–H and O–H groups in total. The zero-order chi connectivity index (χ0) is 10.6. The summed E-state index contributed by atoms with van der Waals surface area (Å²) in [5, 5.41) is 2.42. The standard InChI is InChI=1S/C9H8BrClFNO/c10-6-1-2-8(7(12)5-6)13-9(14)3-4-11/h1-2,5H,3-4H2,(H,13,14). The van der Waals surface area contributed by atoms with E-state index in [9.17, 15) is 9.18 Å². The summed E-state index contributed by atoms with van der Waals surface area (Å²) in [5.41, 5.74) is 0.170. The molecule has 1 aromatic carbocycles. The molecule has 0 aliphatic carbocycles. The van der Waals surface area contributed by atoms with Crippen LogP contribution in [0.1, 0.15) is 6.42 Å². The predicted molar refractivity (Wildman–Crippen MR) is 58.1 cm³/mol. The molecule has 14 heavy (non-hydrogen) atoms. The number of nitrogens with one attached hydrogen (secondary N) is 1. The maximum absolute atomic E-state index is 13.2. The van der Waals surface area contributed by atoms with E-state index in [0.717, 1.165) is 0 Å². The quantitative estimate of drug-likeness (QED) is 0.847. The average molecular weight is 281 g/mol. The van der Waals surface area contributed by atoms with Crippen LogP contribution >= 0.6 is 27.5 Å². The fraction of sp³-hybridized carbons (Fsp3) is 0.222. The van der Waals surface area contributed by atoms with Crippen molar-refractivity contribution in [1.82, 2.24) is 0 Å². The summed E-state index contributed by atoms with van der Waals surface area (Å²) in [6.45, 7) is 0. The van der Waals surface area contributed by atoms with E-state index in [4.69, 9.17) is 11.6 Å². The molecule has 0 bridgehead atoms. The Hall–Kier alpha value is -0.610. The molecule has 0 aliphatic rings. The molecule has 0 spiro atoms. The summed E-state index contributed by atoms with van der Waals surface area (Å²) in [5.74, 6) is -0.534. The second-order valence-electron chi connectivity index (χ2n) is 2.61. The molecular formula is C9H8BrClFNO. The molecular weight excluding hydrogens is 272 g/mol. The third-order valence-corrected chi connectivity index (χ3v) is 2.21. The number of benzene rings is 1. The second-order valence-corrected chi connectivity index (χ2v) is 3.90. The molecule has 1 amide bonds. The van der Waals surface area contributed by atoms with Gasteiger partial charge in [-0.3, -0.25) is 4.79 Å². The Kier molecular flexibility index (Phi) is 4.35. The van der Waals surface area contributed by atoms with Gasteiger partial charge in [0.15, 0.2) is 0 Å². The van der Waals surface area contributed by atoms with Crippen LogP contribution in [0.5, 0.6) is 0 Å². The first-order valence-corrected chi connectivity index (χ1v) is 5.27. The third-order valence-electron chi connectivity index (χ3n) is 1.53. The van der Waals surface area contributed by atoms with Gasteiger partial charge in [-0.2, -0.15) is 0 Å². The number of alkyl halides is 1. The van der Waals surface area contributed by atoms with Crippen LogP contribution < -0.4 is 5.32 Å². The molecule has 1 aromatic rings. The monoisotopic (exact) mass is 279 g/mol. The Morgan fingerprint density at radius 3 is 2.86 bits per heavy atom. The van der Waals surface area contributed by atoms with Crippen molar-refractivity contribution in [3.63, 3.8) is 0 Å². The van der Waals surface area contributed by atoms with Crippen LogP contribution in [-0.4, -0.2) is 11.8 Å². The third kappa shape index (κ3) is 3.27. The van der Waals surface area contributed by atoms with Crippen LogP contribution in [0.25, 0.3) is 0 Å². The van der Waals surface area contributed by atoms with Crippen LogP contribution in [0.15, 0.2) is 22.7 Å². The Morgan fingerprint density at radius 2 is 2.29 bits per heavy atom. The number of hydrogen-bond acceptors (Lipinski definition) is 1. The van der Waals surface area contributed by atoms with Gasteiger partial charge < -0.3 is 5.32 Å². The van der Waals surface area contributed by atoms with E-state index < -0.39 is 5.82 Å². The highest BCUT2D eigenvalue weighted by Gasteiger charge is 2.06. The molecule has 0 radical (unpaired) electrons. The summed E-state index contributed by atoms with van der Waals surface area (Å²) in [6.07, 6.45) is 0.178. The van der Waals surface area contributed by atoms with Gasteiger partial charge in [-0.15, -0.1) is 11.6 Å². The van der Waals surface area contributed by atoms with Crippen LogP contribution in [-0.2, 0) is 4.79 Å². The lowest BCUT2D eigenvalue weighted by atomic mass is 10.3. The van der Waals surface area contributed by atoms with Crippen molar-refractivity contribution in [2.75, 3.05) is 11.2 Å². The number of rotatable bonds is 3. The van der Waals surface area contributed by atoms with Crippen molar-refractivity contribution in [2.45, 2.75) is 6.42 Å². The van der Waals surface area contributed by atoms with Crippen LogP contribution in [0, 0.1) is 5.82 Å². The van der Waals surface area contributed by atoms with E-state index in [-0.39, 0.29) is 23.9 Å². The maximum Gasteiger partial charge on any atom is 0.225 e. The van der Waals surface area contributed by atoms with Gasteiger partial charge >= 0.3 is 0 Å². The number of halogens is 3. The fourth-order valence-electron chi connectivity index (χ4n) is 0.889. The minimum absolute atomic E-state index is 0.170. The highest BCUT2D eigenvalue weighted by molar-refractivity contribution is 9.10. The molecule has 0 unspecified atom stereocenters. The first-order chi connectivity index (χ1) is 6.63. The van der Waals surface area contributed by atoms with Gasteiger partial charge in [0.2, 0.25) is 5.91 Å². The summed E-state index contributed by atoms with van der Waals surface area (Å²) in [6, 6.07) is 4.43. The molecule has 76 valence electrons. The largest absolute Gasteiger partial charge is 0.324 e. The van der Waals surface area contributed by atoms with E-state index in [1.165, 1.54) is 12.1 Å². The van der Waals surface area contributed by atoms with Gasteiger partial charge in [-0.25, -0.2) is 4.39 Å². The van der Waals surface area contributed by atoms with Gasteiger partial charge in [0.1, 0.15) is 5.82 Å². The molecule has 0 heterocycles. The summed E-state index contributed by atoms with van der Waals surface area (Å²) in [4.78, 5) is 11.1. The Balaban J connectivity index is 2.72. The van der Waals surface area contributed by atoms with Crippen molar-refractivity contribution < 1.29 is 9.18 Å². The summed E-state index contributed by atoms with van der Waals surface area (Å²) in [7, 11) is 0. The lowest BCUT2D eigenvalue weighted by Gasteiger charge is -2.05. The first kappa shape index (κ1) is 11.5. The van der Waals surface area contributed by atoms with Gasteiger partial charge in [-0.1, -0.05) is 15.9 Å². The topological polar surface area (TPSA) is 29.1 Å². The van der Waals surface area contributed by atoms with Crippen LogP contribution in [0.4, 0.5) is 10.1 Å². The van der Waals surface area contributed by atoms with Gasteiger partial charge in [0, 0.05) is 16.8 Å². The van der Waals surface area contributed by atoms with E-state index >= 15 is 0 Å². The molecule has 0 saturated heterocycles. The van der Waals surface area contributed by atoms with Gasteiger partial charge in [0.05, 0.1) is 5.69 Å². The number of hydrogen-bond donors (Lipinski definition) is 1. The van der Waals surface area contributed by atoms with E-state index in [1.54, 1.807) is 6.07 Å². The first-order valence-electron chi connectivity index (χ1n) is 3.94. The van der Waals surface area contributed by atoms with Crippen molar-refractivity contribution in [3.8, 4) is 0 Å². The SMILES string of the molecule is O=C(CCCl)Nc1ccc(Br)cc1F. The van der Waals surface area contributed by atoms with Crippen molar-refractivity contribution in [3.05, 3.63) is 28.5 Å². The van der Waals surface area contributed by atoms with Crippen LogP contribution in [0.2, 0.25) is 0 Å². The number of carbonyl (C=O) groups is 1. The van der Waals surface area contributed by atoms with E-state index in [0.29, 0.717) is 4.47 Å². The number of anilines is 1. The molecule has 0 saturated carbocycles. The summed E-state index contributed by atoms with van der Waals surface area (Å²) < 4.78 is 13.8. The summed E-state index contributed by atoms with van der Waals surface area (Å²) >= 11 is 8.48. The molecule has 5 heteroatoms. The van der Waals surface area contributed by atoms with Crippen LogP contribution in [0.3, 0.4) is 0 Å². The van der Waals surface area contributed by atoms with E-state index in [1.807, 2.05) is 0 Å². The van der Waals surface area contributed by atoms with Crippen molar-refractivity contribution in [1.29, 1.82) is 0 Å². The zero-order valence-corrected chi connectivity index (χ0v) is 9.53. The van der Waals surface area contributed by atoms with Gasteiger partial charge in [0.25, 0.3) is 0 Å². The number of amides is 1. The Bertz CT molecular complexity index is 346. The molecule has 0 aromatic heterocycles. The minimum atomic E-state index is -0.470. The van der Waals surface area contributed by atoms with Gasteiger partial charge in [-0.05, 0) is 18.2 Å². The molecule has 1 rings (SSSR count). The molecule has 2 nitrogen and oxygen atoms in total. The second kappa shape index (κ2) is 5.32. The van der Waals surface area contributed by atoms with Crippen molar-refractivity contribution >= 4 is 39.1 Å². The highest BCUT2D eigenvalue weighted by Crippen LogP contribution is 2.19. The zero-order valence-electron chi connectivity index (χ0n) is 7.19. The fourth-order valence-corrected chi connectivity index (χ4v) is 1.39. The molecule has 0 aliphatic heterocycles. The average Bonchev–Trinajstić information content (AvgIpc) is 2.10. The normalized spacial score (nSPS) is 9.93. The highest BCUT2D eigenvalue weighted by atomic mass is 79.9. The van der Waals surface area contributed by atoms with Crippen molar-refractivity contribution in [2.24, 2.45) is 0 Å². The minimum Gasteiger partial charge on any atom is -0.324 e. The Morgan fingerprint density at radius 1 is 1.57 bits per heavy atom.